The van der Waals surface area contributed by atoms with Gasteiger partial charge in [0, 0.05) is 92.7 Å². The van der Waals surface area contributed by atoms with Crippen molar-refractivity contribution in [1.29, 1.82) is 0 Å². The number of aromatic nitrogens is 8. The second-order valence-electron chi connectivity index (χ2n) is 32.2. The number of allylic oxidation sites excluding steroid dienone is 1. The first-order chi connectivity index (χ1) is 58.8. The van der Waals surface area contributed by atoms with Gasteiger partial charge in [-0.1, -0.05) is 317 Å². The average molecular weight is 1520 g/mol. The Morgan fingerprint density at radius 3 is 1.27 bits per heavy atom. The lowest BCUT2D eigenvalue weighted by atomic mass is 9.82. The Morgan fingerprint density at radius 2 is 0.681 bits per heavy atom. The van der Waals surface area contributed by atoms with Crippen molar-refractivity contribution in [1.82, 2.24) is 38.2 Å². The van der Waals surface area contributed by atoms with Crippen molar-refractivity contribution in [2.45, 2.75) is 32.1 Å². The third kappa shape index (κ3) is 10.6. The van der Waals surface area contributed by atoms with E-state index in [1.165, 1.54) is 143 Å². The Hall–Kier alpha value is -15.4. The van der Waals surface area contributed by atoms with Crippen molar-refractivity contribution in [2.24, 2.45) is 0 Å². The maximum absolute atomic E-state index is 5.39. The summed E-state index contributed by atoms with van der Waals surface area (Å²) in [5, 5.41) is 14.1. The molecule has 25 rings (SSSR count). The summed E-state index contributed by atoms with van der Waals surface area (Å²) >= 11 is 0. The van der Waals surface area contributed by atoms with E-state index in [1.807, 2.05) is 0 Å². The van der Waals surface area contributed by atoms with E-state index in [1.54, 1.807) is 0 Å². The van der Waals surface area contributed by atoms with E-state index in [0.29, 0.717) is 11.9 Å². The highest BCUT2D eigenvalue weighted by atomic mass is 15.2. The number of hydrogen-bond donors (Lipinski definition) is 0. The Morgan fingerprint density at radius 1 is 0.252 bits per heavy atom. The van der Waals surface area contributed by atoms with Crippen LogP contribution in [0.3, 0.4) is 0 Å². The highest BCUT2D eigenvalue weighted by Crippen LogP contribution is 2.52. The minimum Gasteiger partial charge on any atom is -0.309 e. The summed E-state index contributed by atoms with van der Waals surface area (Å²) in [7, 11) is 0. The molecule has 0 amide bonds. The standard InChI is InChI=1S/C57H38N4.C54H36N4/c1-57(2)48-24-12-8-19-39(48)40-31-29-37(33-49(40)57)60-51-26-14-10-20-41(51)43-30-28-36(32-53(43)60)46-34-47-42-21-11-15-27-52(42)61(55(47)44-22-7-6-18-38(44)46)56-58-50-25-13-9-23-45(50)54(59-56)35-16-4-3-5-17-35;1-3-16-35(17-4-1)37-20-15-21-39(32-37)57-49-28-13-10-23-41(49)43-31-30-38(33-51(43)57)46-34-47-42-24-11-14-29-50(42)58(53(47)44-25-8-7-22-40(44)46)54-55-48-27-12-9-26-45(48)52(56-54)36-18-5-2-6-19-36/h3-34H,1-2H3;1-6,8-21,23-34H,7,22H2. The second-order valence-corrected chi connectivity index (χ2v) is 32.2. The van der Waals surface area contributed by atoms with E-state index in [4.69, 9.17) is 19.9 Å². The molecule has 0 fully saturated rings. The molecule has 0 spiro atoms. The van der Waals surface area contributed by atoms with E-state index in [-0.39, 0.29) is 5.41 Å². The fraction of sp³-hybridized carbons (Fsp3) is 0.0450. The largest absolute Gasteiger partial charge is 0.309 e. The molecule has 6 aromatic heterocycles. The molecule has 17 aromatic carbocycles. The van der Waals surface area contributed by atoms with Crippen LogP contribution in [0, 0.1) is 0 Å². The zero-order valence-corrected chi connectivity index (χ0v) is 65.4. The zero-order valence-electron chi connectivity index (χ0n) is 65.4. The fourth-order valence-electron chi connectivity index (χ4n) is 19.9. The summed E-state index contributed by atoms with van der Waals surface area (Å²) in [5.41, 5.74) is 32.6. The van der Waals surface area contributed by atoms with Crippen LogP contribution < -0.4 is 0 Å². The van der Waals surface area contributed by atoms with Crippen LogP contribution in [0.15, 0.2) is 382 Å². The van der Waals surface area contributed by atoms with Crippen molar-refractivity contribution < 1.29 is 0 Å². The van der Waals surface area contributed by atoms with Crippen LogP contribution in [0.2, 0.25) is 0 Å². The van der Waals surface area contributed by atoms with Gasteiger partial charge >= 0.3 is 0 Å². The molecule has 8 nitrogen and oxygen atoms in total. The highest BCUT2D eigenvalue weighted by Gasteiger charge is 2.36. The van der Waals surface area contributed by atoms with E-state index in [0.717, 1.165) is 90.3 Å². The average Bonchev–Trinajstić information content (AvgIpc) is 1.56. The van der Waals surface area contributed by atoms with Gasteiger partial charge in [0.15, 0.2) is 0 Å². The van der Waals surface area contributed by atoms with Gasteiger partial charge in [-0.2, -0.15) is 0 Å². The van der Waals surface area contributed by atoms with Gasteiger partial charge in [-0.05, 0) is 164 Å². The number of rotatable bonds is 9. The second kappa shape index (κ2) is 26.9. The molecular weight excluding hydrogens is 1450 g/mol. The molecule has 0 unspecified atom stereocenters. The minimum absolute atomic E-state index is 0.0969. The third-order valence-electron chi connectivity index (χ3n) is 25.3. The van der Waals surface area contributed by atoms with Gasteiger partial charge in [0.25, 0.3) is 0 Å². The molecule has 0 saturated carbocycles. The first kappa shape index (κ1) is 68.1. The number of hydrogen-bond acceptors (Lipinski definition) is 4. The lowest BCUT2D eigenvalue weighted by molar-refractivity contribution is 0.660. The summed E-state index contributed by atoms with van der Waals surface area (Å²) in [6.07, 6.45) is 6.60. The summed E-state index contributed by atoms with van der Waals surface area (Å²) in [6, 6.07) is 136. The molecule has 8 heteroatoms. The first-order valence-corrected chi connectivity index (χ1v) is 41.1. The highest BCUT2D eigenvalue weighted by molar-refractivity contribution is 6.23. The summed E-state index contributed by atoms with van der Waals surface area (Å²) in [4.78, 5) is 21.3. The van der Waals surface area contributed by atoms with Gasteiger partial charge < -0.3 is 9.13 Å². The molecule has 0 aliphatic heterocycles. The van der Waals surface area contributed by atoms with Crippen molar-refractivity contribution >= 4 is 126 Å². The Balaban J connectivity index is 0.000000136. The van der Waals surface area contributed by atoms with Crippen LogP contribution >= 0.6 is 0 Å². The molecule has 0 atom stereocenters. The van der Waals surface area contributed by atoms with Crippen LogP contribution in [0.1, 0.15) is 42.5 Å². The molecule has 0 saturated heterocycles. The third-order valence-corrected chi connectivity index (χ3v) is 25.3. The van der Waals surface area contributed by atoms with Crippen LogP contribution in [0.25, 0.3) is 216 Å². The number of para-hydroxylation sites is 6. The molecule has 119 heavy (non-hydrogen) atoms. The van der Waals surface area contributed by atoms with Crippen molar-refractivity contribution in [2.75, 3.05) is 0 Å². The predicted molar refractivity (Wildman–Crippen MR) is 496 cm³/mol. The van der Waals surface area contributed by atoms with Gasteiger partial charge in [-0.15, -0.1) is 0 Å². The molecule has 0 bridgehead atoms. The van der Waals surface area contributed by atoms with Gasteiger partial charge in [-0.3, -0.25) is 9.13 Å². The number of benzene rings is 17. The zero-order chi connectivity index (χ0) is 78.6. The smallest absolute Gasteiger partial charge is 0.235 e. The number of fused-ring (bicyclic) bond motifs is 21. The molecule has 558 valence electrons. The predicted octanol–water partition coefficient (Wildman–Crippen LogP) is 28.4. The monoisotopic (exact) mass is 1520 g/mol. The number of nitrogens with zero attached hydrogens (tertiary/aromatic N) is 8. The molecular formula is C111H74N8. The molecule has 23 aromatic rings. The van der Waals surface area contributed by atoms with Crippen molar-refractivity contribution in [3.8, 4) is 90.3 Å². The topological polar surface area (TPSA) is 71.3 Å². The minimum atomic E-state index is -0.0969. The van der Waals surface area contributed by atoms with Crippen molar-refractivity contribution in [3.05, 3.63) is 404 Å². The quantitative estimate of drug-likeness (QED) is 0.144. The Kier molecular flexibility index (Phi) is 15.4. The maximum atomic E-state index is 5.39. The van der Waals surface area contributed by atoms with Crippen LogP contribution in [0.4, 0.5) is 0 Å². The summed E-state index contributed by atoms with van der Waals surface area (Å²) in [5.74, 6) is 1.34. The molecule has 0 radical (unpaired) electrons. The fourth-order valence-corrected chi connectivity index (χ4v) is 19.9. The van der Waals surface area contributed by atoms with Crippen LogP contribution in [-0.4, -0.2) is 38.2 Å². The van der Waals surface area contributed by atoms with E-state index in [9.17, 15) is 0 Å². The molecule has 6 heterocycles. The lowest BCUT2D eigenvalue weighted by Gasteiger charge is -2.22. The molecule has 2 aliphatic carbocycles. The van der Waals surface area contributed by atoms with E-state index in [2.05, 4.69) is 420 Å². The van der Waals surface area contributed by atoms with E-state index >= 15 is 0 Å². The Labute approximate surface area is 686 Å². The normalized spacial score (nSPS) is 12.9. The summed E-state index contributed by atoms with van der Waals surface area (Å²) < 4.78 is 9.51. The molecule has 2 aliphatic rings. The van der Waals surface area contributed by atoms with Crippen LogP contribution in [-0.2, 0) is 11.8 Å². The van der Waals surface area contributed by atoms with Gasteiger partial charge in [0.05, 0.1) is 66.6 Å². The SMILES string of the molecule is C1=Cc2c(c(-c3ccc4c5ccccc5n(-c5cccc(-c6ccccc6)c5)c4c3)cc3c4ccccc4n(-c4nc(-c5ccccc5)c5ccccc5n4)c23)CC1.CC1(C)c2ccccc2-c2ccc(-n3c4ccccc4c4ccc(-c5cc6c7ccccc7n(-c7nc(-c8ccccc8)c8ccccc8n7)c6c6ccccc56)cc43)cc21. The maximum Gasteiger partial charge on any atom is 0.235 e. The first-order valence-electron chi connectivity index (χ1n) is 41.1. The van der Waals surface area contributed by atoms with E-state index < -0.39 is 0 Å². The Bertz CT molecular complexity index is 8200. The van der Waals surface area contributed by atoms with Gasteiger partial charge in [0.1, 0.15) is 0 Å². The lowest BCUT2D eigenvalue weighted by Crippen LogP contribution is -2.15. The summed E-state index contributed by atoms with van der Waals surface area (Å²) in [6.45, 7) is 4.72. The van der Waals surface area contributed by atoms with Gasteiger partial charge in [0.2, 0.25) is 11.9 Å². The van der Waals surface area contributed by atoms with Gasteiger partial charge in [-0.25, -0.2) is 19.9 Å². The van der Waals surface area contributed by atoms with Crippen LogP contribution in [0.5, 0.6) is 0 Å². The molecule has 0 N–H and O–H groups in total. The van der Waals surface area contributed by atoms with Crippen molar-refractivity contribution in [3.63, 3.8) is 0 Å².